The molecule has 1 aliphatic rings. The van der Waals surface area contributed by atoms with E-state index in [1.807, 2.05) is 35.2 Å². The molecule has 0 bridgehead atoms. The van der Waals surface area contributed by atoms with Crippen molar-refractivity contribution in [2.24, 2.45) is 5.92 Å². The van der Waals surface area contributed by atoms with Gasteiger partial charge < -0.3 is 19.7 Å². The molecule has 2 aromatic carbocycles. The van der Waals surface area contributed by atoms with Gasteiger partial charge in [0.15, 0.2) is 11.5 Å². The van der Waals surface area contributed by atoms with Gasteiger partial charge in [0.25, 0.3) is 0 Å². The highest BCUT2D eigenvalue weighted by Gasteiger charge is 2.24. The van der Waals surface area contributed by atoms with Crippen LogP contribution in [0.2, 0.25) is 0 Å². The summed E-state index contributed by atoms with van der Waals surface area (Å²) in [6.07, 6.45) is 0.827. The number of hydrogen-bond acceptors (Lipinski definition) is 4. The van der Waals surface area contributed by atoms with Gasteiger partial charge in [0, 0.05) is 19.1 Å². The lowest BCUT2D eigenvalue weighted by Gasteiger charge is -2.31. The summed E-state index contributed by atoms with van der Waals surface area (Å²) in [6, 6.07) is 14.5. The van der Waals surface area contributed by atoms with Gasteiger partial charge in [0.05, 0.1) is 20.8 Å². The number of ether oxygens (including phenoxy) is 2. The molecule has 5 nitrogen and oxygen atoms in total. The number of nitrogens with zero attached hydrogens (tertiary/aromatic N) is 1. The molecule has 5 heteroatoms. The van der Waals surface area contributed by atoms with E-state index < -0.39 is 0 Å². The summed E-state index contributed by atoms with van der Waals surface area (Å²) in [4.78, 5) is 14.8. The Morgan fingerprint density at radius 3 is 2.32 bits per heavy atom. The number of carbonyl (C=O) groups is 1. The smallest absolute Gasteiger partial charge is 0.236 e. The van der Waals surface area contributed by atoms with Gasteiger partial charge >= 0.3 is 0 Å². The van der Waals surface area contributed by atoms with E-state index in [4.69, 9.17) is 9.47 Å². The van der Waals surface area contributed by atoms with Gasteiger partial charge in [0.1, 0.15) is 0 Å². The molecule has 1 heterocycles. The van der Waals surface area contributed by atoms with Crippen LogP contribution in [0.3, 0.4) is 0 Å². The van der Waals surface area contributed by atoms with Crippen molar-refractivity contribution in [2.45, 2.75) is 32.9 Å². The Hall–Kier alpha value is -2.53. The maximum absolute atomic E-state index is 12.9. The molecule has 1 amide bonds. The molecule has 2 aromatic rings. The number of methoxy groups -OCH3 is 2. The molecule has 0 unspecified atom stereocenters. The van der Waals surface area contributed by atoms with Gasteiger partial charge in [-0.3, -0.25) is 4.79 Å². The summed E-state index contributed by atoms with van der Waals surface area (Å²) < 4.78 is 10.8. The van der Waals surface area contributed by atoms with Gasteiger partial charge in [-0.1, -0.05) is 44.2 Å². The number of amides is 1. The lowest BCUT2D eigenvalue weighted by Crippen LogP contribution is -2.42. The van der Waals surface area contributed by atoms with Gasteiger partial charge in [-0.15, -0.1) is 0 Å². The minimum atomic E-state index is 0.127. The summed E-state index contributed by atoms with van der Waals surface area (Å²) in [5.74, 6) is 1.97. The van der Waals surface area contributed by atoms with E-state index in [-0.39, 0.29) is 11.9 Å². The summed E-state index contributed by atoms with van der Waals surface area (Å²) in [7, 11) is 3.28. The van der Waals surface area contributed by atoms with Crippen LogP contribution in [0.25, 0.3) is 0 Å². The third-order valence-electron chi connectivity index (χ3n) is 5.37. The number of benzene rings is 2. The predicted octanol–water partition coefficient (Wildman–Crippen LogP) is 3.58. The third kappa shape index (κ3) is 4.47. The second-order valence-corrected chi connectivity index (χ2v) is 7.55. The molecule has 0 aromatic heterocycles. The SMILES string of the molecule is COc1cc2c(cc1OC)CN(C(=O)CN[C@@H](c1ccccc1)C(C)C)CC2. The van der Waals surface area contributed by atoms with Crippen LogP contribution in [0, 0.1) is 5.92 Å². The van der Waals surface area contributed by atoms with Crippen LogP contribution < -0.4 is 14.8 Å². The molecule has 1 N–H and O–H groups in total. The average Bonchev–Trinajstić information content (AvgIpc) is 2.72. The van der Waals surface area contributed by atoms with Crippen LogP contribution in [0.15, 0.2) is 42.5 Å². The largest absolute Gasteiger partial charge is 0.493 e. The molecule has 28 heavy (non-hydrogen) atoms. The lowest BCUT2D eigenvalue weighted by atomic mass is 9.96. The molecule has 0 aliphatic carbocycles. The number of carbonyl (C=O) groups excluding carboxylic acids is 1. The highest BCUT2D eigenvalue weighted by atomic mass is 16.5. The van der Waals surface area contributed by atoms with E-state index >= 15 is 0 Å². The first-order valence-corrected chi connectivity index (χ1v) is 9.83. The van der Waals surface area contributed by atoms with Crippen molar-refractivity contribution in [1.82, 2.24) is 10.2 Å². The van der Waals surface area contributed by atoms with Crippen LogP contribution >= 0.6 is 0 Å². The first kappa shape index (κ1) is 20.2. The molecule has 1 aliphatic heterocycles. The van der Waals surface area contributed by atoms with Crippen LogP contribution in [0.4, 0.5) is 0 Å². The van der Waals surface area contributed by atoms with Crippen molar-refractivity contribution in [3.8, 4) is 11.5 Å². The van der Waals surface area contributed by atoms with E-state index in [0.717, 1.165) is 24.3 Å². The van der Waals surface area contributed by atoms with Crippen molar-refractivity contribution in [1.29, 1.82) is 0 Å². The molecule has 150 valence electrons. The fourth-order valence-electron chi connectivity index (χ4n) is 3.80. The van der Waals surface area contributed by atoms with Crippen molar-refractivity contribution >= 4 is 5.91 Å². The van der Waals surface area contributed by atoms with Crippen molar-refractivity contribution in [2.75, 3.05) is 27.3 Å². The van der Waals surface area contributed by atoms with Crippen molar-refractivity contribution in [3.05, 3.63) is 59.2 Å². The number of rotatable bonds is 7. The fourth-order valence-corrected chi connectivity index (χ4v) is 3.80. The molecule has 0 saturated carbocycles. The van der Waals surface area contributed by atoms with Crippen LogP contribution in [-0.4, -0.2) is 38.1 Å². The fraction of sp³-hybridized carbons (Fsp3) is 0.435. The maximum atomic E-state index is 12.9. The topological polar surface area (TPSA) is 50.8 Å². The molecular weight excluding hydrogens is 352 g/mol. The Morgan fingerprint density at radius 2 is 1.71 bits per heavy atom. The zero-order valence-electron chi connectivity index (χ0n) is 17.2. The Kier molecular flexibility index (Phi) is 6.57. The van der Waals surface area contributed by atoms with Crippen molar-refractivity contribution < 1.29 is 14.3 Å². The van der Waals surface area contributed by atoms with Crippen LogP contribution in [-0.2, 0) is 17.8 Å². The zero-order valence-corrected chi connectivity index (χ0v) is 17.2. The summed E-state index contributed by atoms with van der Waals surface area (Å²) >= 11 is 0. The van der Waals surface area contributed by atoms with Crippen molar-refractivity contribution in [3.63, 3.8) is 0 Å². The minimum absolute atomic E-state index is 0.127. The Labute approximate surface area is 167 Å². The second-order valence-electron chi connectivity index (χ2n) is 7.55. The summed E-state index contributed by atoms with van der Waals surface area (Å²) in [5, 5.41) is 3.46. The lowest BCUT2D eigenvalue weighted by molar-refractivity contribution is -0.131. The van der Waals surface area contributed by atoms with Gasteiger partial charge in [-0.2, -0.15) is 0 Å². The minimum Gasteiger partial charge on any atom is -0.493 e. The molecule has 1 atom stereocenters. The summed E-state index contributed by atoms with van der Waals surface area (Å²) in [5.41, 5.74) is 3.56. The van der Waals surface area contributed by atoms with E-state index in [1.54, 1.807) is 14.2 Å². The van der Waals surface area contributed by atoms with Gasteiger partial charge in [-0.05, 0) is 41.2 Å². The molecule has 0 radical (unpaired) electrons. The van der Waals surface area contributed by atoms with E-state index in [9.17, 15) is 4.79 Å². The van der Waals surface area contributed by atoms with Gasteiger partial charge in [0.2, 0.25) is 5.91 Å². The molecule has 0 saturated heterocycles. The number of fused-ring (bicyclic) bond motifs is 1. The normalized spacial score (nSPS) is 14.5. The number of hydrogen-bond donors (Lipinski definition) is 1. The Bertz CT molecular complexity index is 805. The second kappa shape index (κ2) is 9.11. The van der Waals surface area contributed by atoms with E-state index in [1.165, 1.54) is 11.1 Å². The standard InChI is InChI=1S/C23H30N2O3/c1-16(2)23(17-8-6-5-7-9-17)24-14-22(26)25-11-10-18-12-20(27-3)21(28-4)13-19(18)15-25/h5-9,12-13,16,23-24H,10-11,14-15H2,1-4H3/t23-/m1/s1. The van der Waals surface area contributed by atoms with E-state index in [2.05, 4.69) is 31.3 Å². The summed E-state index contributed by atoms with van der Waals surface area (Å²) in [6.45, 7) is 6.01. The Balaban J connectivity index is 1.66. The highest BCUT2D eigenvalue weighted by Crippen LogP contribution is 2.33. The Morgan fingerprint density at radius 1 is 1.07 bits per heavy atom. The molecular formula is C23H30N2O3. The zero-order chi connectivity index (χ0) is 20.1. The third-order valence-corrected chi connectivity index (χ3v) is 5.37. The first-order valence-electron chi connectivity index (χ1n) is 9.83. The first-order chi connectivity index (χ1) is 13.5. The van der Waals surface area contributed by atoms with E-state index in [0.29, 0.717) is 24.8 Å². The quantitative estimate of drug-likeness (QED) is 0.795. The molecule has 3 rings (SSSR count). The van der Waals surface area contributed by atoms with Crippen LogP contribution in [0.1, 0.15) is 36.6 Å². The molecule has 0 spiro atoms. The highest BCUT2D eigenvalue weighted by molar-refractivity contribution is 5.78. The number of nitrogens with one attached hydrogen (secondary N) is 1. The van der Waals surface area contributed by atoms with Gasteiger partial charge in [-0.25, -0.2) is 0 Å². The predicted molar refractivity (Wildman–Crippen MR) is 111 cm³/mol. The maximum Gasteiger partial charge on any atom is 0.236 e. The molecule has 0 fully saturated rings. The monoisotopic (exact) mass is 382 g/mol. The average molecular weight is 383 g/mol. The van der Waals surface area contributed by atoms with Crippen LogP contribution in [0.5, 0.6) is 11.5 Å².